The van der Waals surface area contributed by atoms with E-state index >= 15 is 0 Å². The van der Waals surface area contributed by atoms with Crippen LogP contribution in [-0.2, 0) is 14.3 Å². The zero-order valence-electron chi connectivity index (χ0n) is 19.3. The van der Waals surface area contributed by atoms with E-state index in [4.69, 9.17) is 14.2 Å². The summed E-state index contributed by atoms with van der Waals surface area (Å²) in [7, 11) is 1.74. The largest absolute Gasteiger partial charge is 0.462 e. The fourth-order valence-electron chi connectivity index (χ4n) is 4.15. The average Bonchev–Trinajstić information content (AvgIpc) is 3.13. The molecule has 11 heteroatoms. The molecule has 2 aromatic rings. The van der Waals surface area contributed by atoms with Gasteiger partial charge in [-0.15, -0.1) is 0 Å². The number of morpholine rings is 2. The Kier molecular flexibility index (Phi) is 6.84. The van der Waals surface area contributed by atoms with Crippen LogP contribution in [-0.4, -0.2) is 99.3 Å². The number of hydrazone groups is 1. The Hall–Kier alpha value is -3.28. The molecule has 2 saturated heterocycles. The van der Waals surface area contributed by atoms with Crippen LogP contribution in [0.3, 0.4) is 0 Å². The molecule has 34 heavy (non-hydrogen) atoms. The summed E-state index contributed by atoms with van der Waals surface area (Å²) < 4.78 is 16.8. The SMILES string of the molecule is CN1C(=O)/C(=N\Nc2cc(N3CCOCC3)nc(OCCN3CCOCC3)n2)c2ccccc21. The number of ether oxygens (including phenoxy) is 3. The molecule has 0 radical (unpaired) electrons. The molecule has 5 rings (SSSR count). The van der Waals surface area contributed by atoms with Crippen LogP contribution in [0.5, 0.6) is 6.01 Å². The number of hydrogen-bond donors (Lipinski definition) is 1. The molecule has 1 N–H and O–H groups in total. The Balaban J connectivity index is 1.34. The van der Waals surface area contributed by atoms with Crippen molar-refractivity contribution < 1.29 is 19.0 Å². The maximum atomic E-state index is 12.7. The van der Waals surface area contributed by atoms with Crippen molar-refractivity contribution in [1.82, 2.24) is 14.9 Å². The summed E-state index contributed by atoms with van der Waals surface area (Å²) in [5, 5.41) is 4.41. The molecule has 1 amide bonds. The first kappa shape index (κ1) is 22.5. The number of rotatable bonds is 7. The van der Waals surface area contributed by atoms with Gasteiger partial charge in [0.15, 0.2) is 11.5 Å². The Bertz CT molecular complexity index is 1050. The van der Waals surface area contributed by atoms with E-state index in [1.165, 1.54) is 0 Å². The Labute approximate surface area is 198 Å². The molecule has 11 nitrogen and oxygen atoms in total. The molecule has 0 saturated carbocycles. The van der Waals surface area contributed by atoms with Crippen LogP contribution in [0.25, 0.3) is 0 Å². The van der Waals surface area contributed by atoms with Crippen LogP contribution in [0.1, 0.15) is 5.56 Å². The van der Waals surface area contributed by atoms with Gasteiger partial charge in [0, 0.05) is 51.4 Å². The van der Waals surface area contributed by atoms with Crippen molar-refractivity contribution in [3.63, 3.8) is 0 Å². The first-order chi connectivity index (χ1) is 16.7. The minimum absolute atomic E-state index is 0.168. The molecule has 180 valence electrons. The number of para-hydroxylation sites is 1. The number of aromatic nitrogens is 2. The zero-order valence-corrected chi connectivity index (χ0v) is 19.3. The lowest BCUT2D eigenvalue weighted by Gasteiger charge is -2.28. The standard InChI is InChI=1S/C23H29N7O4/c1-28-18-5-3-2-4-17(18)21(22(28)31)27-26-19-16-20(30-9-13-33-14-10-30)25-23(24-19)34-15-8-29-6-11-32-12-7-29/h2-5,16H,6-15H2,1H3,(H,24,25,26)/b27-21-. The number of carbonyl (C=O) groups excluding carboxylic acids is 1. The van der Waals surface area contributed by atoms with Gasteiger partial charge < -0.3 is 24.0 Å². The van der Waals surface area contributed by atoms with Crippen LogP contribution >= 0.6 is 0 Å². The minimum Gasteiger partial charge on any atom is -0.462 e. The third-order valence-electron chi connectivity index (χ3n) is 6.08. The minimum atomic E-state index is -0.168. The molecular formula is C23H29N7O4. The highest BCUT2D eigenvalue weighted by Crippen LogP contribution is 2.28. The summed E-state index contributed by atoms with van der Waals surface area (Å²) in [5.74, 6) is 1.03. The van der Waals surface area contributed by atoms with E-state index < -0.39 is 0 Å². The van der Waals surface area contributed by atoms with Crippen molar-refractivity contribution in [3.8, 4) is 6.01 Å². The molecule has 0 unspecified atom stereocenters. The number of likely N-dealkylation sites (N-methyl/N-ethyl adjacent to an activating group) is 1. The van der Waals surface area contributed by atoms with Crippen molar-refractivity contribution >= 4 is 28.9 Å². The van der Waals surface area contributed by atoms with Gasteiger partial charge in [-0.3, -0.25) is 15.1 Å². The molecule has 3 aliphatic heterocycles. The van der Waals surface area contributed by atoms with E-state index in [0.717, 1.165) is 63.0 Å². The number of nitrogens with one attached hydrogen (secondary N) is 1. The third kappa shape index (κ3) is 4.96. The topological polar surface area (TPSA) is 105 Å². The van der Waals surface area contributed by atoms with Gasteiger partial charge in [0.1, 0.15) is 12.4 Å². The summed E-state index contributed by atoms with van der Waals surface area (Å²) in [5.41, 5.74) is 4.92. The lowest BCUT2D eigenvalue weighted by atomic mass is 10.1. The fraction of sp³-hybridized carbons (Fsp3) is 0.478. The molecule has 0 spiro atoms. The zero-order chi connectivity index (χ0) is 23.3. The third-order valence-corrected chi connectivity index (χ3v) is 6.08. The van der Waals surface area contributed by atoms with Crippen molar-refractivity contribution in [2.45, 2.75) is 0 Å². The second-order valence-corrected chi connectivity index (χ2v) is 8.25. The first-order valence-electron chi connectivity index (χ1n) is 11.5. The number of nitrogens with zero attached hydrogens (tertiary/aromatic N) is 6. The van der Waals surface area contributed by atoms with E-state index in [9.17, 15) is 4.79 Å². The highest BCUT2D eigenvalue weighted by atomic mass is 16.5. The number of benzene rings is 1. The smallest absolute Gasteiger partial charge is 0.320 e. The monoisotopic (exact) mass is 467 g/mol. The van der Waals surface area contributed by atoms with Crippen LogP contribution < -0.4 is 20.0 Å². The predicted molar refractivity (Wildman–Crippen MR) is 128 cm³/mol. The summed E-state index contributed by atoms with van der Waals surface area (Å²) in [6, 6.07) is 9.67. The second-order valence-electron chi connectivity index (χ2n) is 8.25. The Morgan fingerprint density at radius 2 is 1.79 bits per heavy atom. The van der Waals surface area contributed by atoms with Gasteiger partial charge in [0.2, 0.25) is 0 Å². The molecule has 4 heterocycles. The summed E-state index contributed by atoms with van der Waals surface area (Å²) in [6.45, 7) is 7.26. The number of fused-ring (bicyclic) bond motifs is 1. The Morgan fingerprint density at radius 3 is 2.59 bits per heavy atom. The van der Waals surface area contributed by atoms with Gasteiger partial charge >= 0.3 is 6.01 Å². The van der Waals surface area contributed by atoms with Crippen LogP contribution in [0, 0.1) is 0 Å². The van der Waals surface area contributed by atoms with E-state index in [1.54, 1.807) is 11.9 Å². The normalized spacial score (nSPS) is 20.0. The number of amides is 1. The van der Waals surface area contributed by atoms with Gasteiger partial charge in [-0.2, -0.15) is 15.1 Å². The molecule has 0 bridgehead atoms. The second kappa shape index (κ2) is 10.3. The molecule has 3 aliphatic rings. The quantitative estimate of drug-likeness (QED) is 0.593. The molecule has 0 atom stereocenters. The van der Waals surface area contributed by atoms with E-state index in [2.05, 4.69) is 30.3 Å². The highest BCUT2D eigenvalue weighted by Gasteiger charge is 2.31. The highest BCUT2D eigenvalue weighted by molar-refractivity contribution is 6.54. The average molecular weight is 468 g/mol. The lowest BCUT2D eigenvalue weighted by Crippen LogP contribution is -2.39. The van der Waals surface area contributed by atoms with E-state index in [-0.39, 0.29) is 11.9 Å². The van der Waals surface area contributed by atoms with Crippen molar-refractivity contribution in [3.05, 3.63) is 35.9 Å². The van der Waals surface area contributed by atoms with E-state index in [1.807, 2.05) is 30.3 Å². The molecule has 1 aromatic carbocycles. The van der Waals surface area contributed by atoms with Crippen LogP contribution in [0.15, 0.2) is 35.4 Å². The summed E-state index contributed by atoms with van der Waals surface area (Å²) >= 11 is 0. The van der Waals surface area contributed by atoms with Crippen LogP contribution in [0.2, 0.25) is 0 Å². The van der Waals surface area contributed by atoms with Gasteiger partial charge in [-0.1, -0.05) is 18.2 Å². The molecule has 2 fully saturated rings. The number of anilines is 3. The van der Waals surface area contributed by atoms with Gasteiger partial charge in [0.05, 0.1) is 32.1 Å². The number of carbonyl (C=O) groups is 1. The van der Waals surface area contributed by atoms with Crippen molar-refractivity contribution in [2.75, 3.05) is 88.0 Å². The van der Waals surface area contributed by atoms with Gasteiger partial charge in [-0.25, -0.2) is 0 Å². The van der Waals surface area contributed by atoms with Crippen LogP contribution in [0.4, 0.5) is 17.3 Å². The molecule has 1 aromatic heterocycles. The van der Waals surface area contributed by atoms with Gasteiger partial charge in [-0.05, 0) is 6.07 Å². The maximum Gasteiger partial charge on any atom is 0.320 e. The molecular weight excluding hydrogens is 438 g/mol. The van der Waals surface area contributed by atoms with E-state index in [0.29, 0.717) is 31.4 Å². The number of hydrogen-bond acceptors (Lipinski definition) is 10. The Morgan fingerprint density at radius 1 is 1.06 bits per heavy atom. The van der Waals surface area contributed by atoms with Crippen molar-refractivity contribution in [2.24, 2.45) is 5.10 Å². The fourth-order valence-corrected chi connectivity index (χ4v) is 4.15. The van der Waals surface area contributed by atoms with Gasteiger partial charge in [0.25, 0.3) is 5.91 Å². The summed E-state index contributed by atoms with van der Waals surface area (Å²) in [6.07, 6.45) is 0. The maximum absolute atomic E-state index is 12.7. The lowest BCUT2D eigenvalue weighted by molar-refractivity contribution is -0.111. The first-order valence-corrected chi connectivity index (χ1v) is 11.5. The molecule has 0 aliphatic carbocycles. The summed E-state index contributed by atoms with van der Waals surface area (Å²) in [4.78, 5) is 27.8. The predicted octanol–water partition coefficient (Wildman–Crippen LogP) is 0.817. The van der Waals surface area contributed by atoms with Crippen molar-refractivity contribution in [1.29, 1.82) is 0 Å².